The van der Waals surface area contributed by atoms with Gasteiger partial charge in [0.25, 0.3) is 0 Å². The van der Waals surface area contributed by atoms with Crippen molar-refractivity contribution < 1.29 is 27.5 Å². The van der Waals surface area contributed by atoms with Gasteiger partial charge in [-0.15, -0.1) is 0 Å². The zero-order valence-electron chi connectivity index (χ0n) is 12.6. The zero-order chi connectivity index (χ0) is 16.3. The molecule has 0 bridgehead atoms. The van der Waals surface area contributed by atoms with Gasteiger partial charge in [0, 0.05) is 14.2 Å². The van der Waals surface area contributed by atoms with Crippen LogP contribution in [0.1, 0.15) is 6.92 Å². The maximum absolute atomic E-state index is 12.0. The average Bonchev–Trinajstić information content (AvgIpc) is 2.78. The van der Waals surface area contributed by atoms with Gasteiger partial charge in [0.05, 0.1) is 32.5 Å². The van der Waals surface area contributed by atoms with Gasteiger partial charge in [-0.25, -0.2) is 27.2 Å². The summed E-state index contributed by atoms with van der Waals surface area (Å²) >= 11 is 0. The molecule has 0 aromatic rings. The van der Waals surface area contributed by atoms with Crippen LogP contribution in [0.3, 0.4) is 0 Å². The lowest BCUT2D eigenvalue weighted by Crippen LogP contribution is -2.50. The van der Waals surface area contributed by atoms with Gasteiger partial charge in [0.15, 0.2) is 0 Å². The molecule has 1 rings (SSSR count). The van der Waals surface area contributed by atoms with E-state index in [1.54, 1.807) is 6.92 Å². The molecule has 21 heavy (non-hydrogen) atoms. The molecule has 0 aromatic heterocycles. The van der Waals surface area contributed by atoms with Crippen LogP contribution < -0.4 is 5.32 Å². The first-order valence-corrected chi connectivity index (χ1v) is 8.10. The van der Waals surface area contributed by atoms with Gasteiger partial charge in [-0.05, 0) is 6.92 Å². The molecule has 0 aromatic carbocycles. The zero-order valence-corrected chi connectivity index (χ0v) is 13.4. The van der Waals surface area contributed by atoms with Crippen molar-refractivity contribution in [1.82, 2.24) is 14.5 Å². The molecule has 4 amide bonds. The van der Waals surface area contributed by atoms with Gasteiger partial charge in [-0.2, -0.15) is 0 Å². The second-order valence-electron chi connectivity index (χ2n) is 5.02. The van der Waals surface area contributed by atoms with Crippen LogP contribution in [-0.4, -0.2) is 82.0 Å². The number of rotatable bonds is 6. The van der Waals surface area contributed by atoms with E-state index in [0.29, 0.717) is 4.31 Å². The number of hydrogen-bond donors (Lipinski definition) is 1. The molecule has 0 saturated carbocycles. The van der Waals surface area contributed by atoms with Gasteiger partial charge in [-0.1, -0.05) is 0 Å². The number of nitrogens with zero attached hydrogens (tertiary/aromatic N) is 2. The number of nitrogens with one attached hydrogen (secondary N) is 1. The van der Waals surface area contributed by atoms with Crippen LogP contribution in [0, 0.1) is 0 Å². The molecule has 9 nitrogen and oxygen atoms in total. The standard InChI is InChI=1S/C11H21N3O6S/c1-11(20-3,8-19-2)7-12-9(15)13-5-6-14(10(13)16)21(4,17)18/h5-8H2,1-4H3,(H,12,15)/t11-/m1/s1. The SMILES string of the molecule is COC[C@@](C)(CNC(=O)N1CCN(S(C)(=O)=O)C1=O)OC. The van der Waals surface area contributed by atoms with Crippen molar-refractivity contribution in [2.24, 2.45) is 0 Å². The molecule has 1 aliphatic rings. The monoisotopic (exact) mass is 323 g/mol. The molecule has 0 unspecified atom stereocenters. The van der Waals surface area contributed by atoms with Crippen LogP contribution in [0.15, 0.2) is 0 Å². The summed E-state index contributed by atoms with van der Waals surface area (Å²) < 4.78 is 33.6. The summed E-state index contributed by atoms with van der Waals surface area (Å²) in [5.41, 5.74) is -0.732. The third-order valence-corrected chi connectivity index (χ3v) is 4.31. The fraction of sp³-hybridized carbons (Fsp3) is 0.818. The minimum absolute atomic E-state index is 0.0196. The molecule has 1 heterocycles. The van der Waals surface area contributed by atoms with Gasteiger partial charge in [0.2, 0.25) is 10.0 Å². The highest BCUT2D eigenvalue weighted by Crippen LogP contribution is 2.13. The van der Waals surface area contributed by atoms with E-state index in [9.17, 15) is 18.0 Å². The largest absolute Gasteiger partial charge is 0.382 e. The van der Waals surface area contributed by atoms with E-state index < -0.39 is 27.7 Å². The minimum atomic E-state index is -3.66. The van der Waals surface area contributed by atoms with E-state index in [2.05, 4.69) is 5.32 Å². The number of sulfonamides is 1. The van der Waals surface area contributed by atoms with Crippen LogP contribution in [0.5, 0.6) is 0 Å². The quantitative estimate of drug-likeness (QED) is 0.703. The normalized spacial score (nSPS) is 18.8. The Balaban J connectivity index is 2.64. The molecule has 1 saturated heterocycles. The third kappa shape index (κ3) is 4.29. The van der Waals surface area contributed by atoms with Crippen LogP contribution in [0.4, 0.5) is 9.59 Å². The van der Waals surface area contributed by atoms with Crippen molar-refractivity contribution >= 4 is 22.1 Å². The summed E-state index contributed by atoms with van der Waals surface area (Å²) in [6.07, 6.45) is 0.923. The fourth-order valence-electron chi connectivity index (χ4n) is 1.86. The molecule has 0 spiro atoms. The maximum Gasteiger partial charge on any atom is 0.341 e. The number of imide groups is 1. The predicted octanol–water partition coefficient (Wildman–Crippen LogP) is -0.555. The summed E-state index contributed by atoms with van der Waals surface area (Å²) in [6.45, 7) is 2.10. The summed E-state index contributed by atoms with van der Waals surface area (Å²) in [4.78, 5) is 24.7. The Morgan fingerprint density at radius 1 is 1.38 bits per heavy atom. The Morgan fingerprint density at radius 3 is 2.43 bits per heavy atom. The highest BCUT2D eigenvalue weighted by molar-refractivity contribution is 7.88. The van der Waals surface area contributed by atoms with Crippen molar-refractivity contribution in [2.75, 3.05) is 46.7 Å². The first-order chi connectivity index (χ1) is 9.64. The smallest absolute Gasteiger partial charge is 0.341 e. The molecular formula is C11H21N3O6S. The Hall–Kier alpha value is -1.39. The van der Waals surface area contributed by atoms with Crippen molar-refractivity contribution in [3.05, 3.63) is 0 Å². The first kappa shape index (κ1) is 17.7. The lowest BCUT2D eigenvalue weighted by atomic mass is 10.1. The van der Waals surface area contributed by atoms with Crippen LogP contribution >= 0.6 is 0 Å². The molecule has 0 aliphatic carbocycles. The minimum Gasteiger partial charge on any atom is -0.382 e. The Kier molecular flexibility index (Phi) is 5.54. The summed E-state index contributed by atoms with van der Waals surface area (Å²) in [6, 6.07) is -1.51. The van der Waals surface area contributed by atoms with E-state index in [-0.39, 0.29) is 26.2 Å². The van der Waals surface area contributed by atoms with E-state index in [1.807, 2.05) is 0 Å². The van der Waals surface area contributed by atoms with Gasteiger partial charge in [-0.3, -0.25) is 0 Å². The lowest BCUT2D eigenvalue weighted by Gasteiger charge is -2.28. The van der Waals surface area contributed by atoms with Crippen molar-refractivity contribution in [3.63, 3.8) is 0 Å². The van der Waals surface area contributed by atoms with Crippen molar-refractivity contribution in [2.45, 2.75) is 12.5 Å². The van der Waals surface area contributed by atoms with E-state index in [1.165, 1.54) is 14.2 Å². The molecule has 0 radical (unpaired) electrons. The Bertz CT molecular complexity index is 508. The number of amides is 4. The number of urea groups is 2. The van der Waals surface area contributed by atoms with Gasteiger partial charge in [0.1, 0.15) is 5.60 Å². The van der Waals surface area contributed by atoms with Crippen molar-refractivity contribution in [1.29, 1.82) is 0 Å². The highest BCUT2D eigenvalue weighted by Gasteiger charge is 2.38. The second-order valence-corrected chi connectivity index (χ2v) is 6.92. The number of hydrogen-bond acceptors (Lipinski definition) is 6. The number of carbonyl (C=O) groups excluding carboxylic acids is 2. The summed E-state index contributed by atoms with van der Waals surface area (Å²) in [7, 11) is -0.667. The second kappa shape index (κ2) is 6.58. The van der Waals surface area contributed by atoms with Crippen LogP contribution in [-0.2, 0) is 19.5 Å². The first-order valence-electron chi connectivity index (χ1n) is 6.26. The van der Waals surface area contributed by atoms with Gasteiger partial charge >= 0.3 is 12.1 Å². The maximum atomic E-state index is 12.0. The molecule has 1 N–H and O–H groups in total. The van der Waals surface area contributed by atoms with Crippen molar-refractivity contribution in [3.8, 4) is 0 Å². The average molecular weight is 323 g/mol. The number of methoxy groups -OCH3 is 2. The number of carbonyl (C=O) groups is 2. The van der Waals surface area contributed by atoms with E-state index in [4.69, 9.17) is 9.47 Å². The topological polar surface area (TPSA) is 105 Å². The molecule has 1 atom stereocenters. The van der Waals surface area contributed by atoms with Gasteiger partial charge < -0.3 is 14.8 Å². The lowest BCUT2D eigenvalue weighted by molar-refractivity contribution is -0.0477. The highest BCUT2D eigenvalue weighted by atomic mass is 32.2. The van der Waals surface area contributed by atoms with Crippen LogP contribution in [0.25, 0.3) is 0 Å². The third-order valence-electron chi connectivity index (χ3n) is 3.17. The van der Waals surface area contributed by atoms with E-state index >= 15 is 0 Å². The van der Waals surface area contributed by atoms with E-state index in [0.717, 1.165) is 11.2 Å². The molecule has 10 heteroatoms. The Labute approximate surface area is 124 Å². The molecule has 1 fully saturated rings. The molecule has 122 valence electrons. The summed E-state index contributed by atoms with van der Waals surface area (Å²) in [5, 5.41) is 2.54. The fourth-order valence-corrected chi connectivity index (χ4v) is 2.65. The predicted molar refractivity (Wildman–Crippen MR) is 74.3 cm³/mol. The number of ether oxygens (including phenoxy) is 2. The molecule has 1 aliphatic heterocycles. The van der Waals surface area contributed by atoms with Crippen LogP contribution in [0.2, 0.25) is 0 Å². The molecular weight excluding hydrogens is 302 g/mol. The summed E-state index contributed by atoms with van der Waals surface area (Å²) in [5.74, 6) is 0. The Morgan fingerprint density at radius 2 is 2.00 bits per heavy atom.